The molecule has 104 valence electrons. The average molecular weight is 267 g/mol. The molecule has 0 aromatic rings. The van der Waals surface area contributed by atoms with Crippen LogP contribution in [0.4, 0.5) is 0 Å². The minimum absolute atomic E-state index is 0.871. The number of rotatable bonds is 6. The summed E-state index contributed by atoms with van der Waals surface area (Å²) in [5.41, 5.74) is 1.75. The maximum Gasteiger partial charge on any atom is 0.0167 e. The molecule has 1 N–H and O–H groups in total. The van der Waals surface area contributed by atoms with Crippen molar-refractivity contribution in [1.82, 2.24) is 5.32 Å². The van der Waals surface area contributed by atoms with Crippen molar-refractivity contribution < 1.29 is 0 Å². The predicted octanol–water partition coefficient (Wildman–Crippen LogP) is 4.25. The zero-order valence-corrected chi connectivity index (χ0v) is 12.7. The Morgan fingerprint density at radius 1 is 1.22 bits per heavy atom. The highest BCUT2D eigenvalue weighted by molar-refractivity contribution is 7.99. The van der Waals surface area contributed by atoms with Gasteiger partial charge in [0.2, 0.25) is 0 Å². The first-order chi connectivity index (χ1) is 8.90. The second-order valence-electron chi connectivity index (χ2n) is 5.88. The molecule has 2 rings (SSSR count). The molecule has 1 unspecified atom stereocenters. The summed E-state index contributed by atoms with van der Waals surface area (Å²) in [6.45, 7) is 4.58. The summed E-state index contributed by atoms with van der Waals surface area (Å²) in [4.78, 5) is 0. The molecule has 0 bridgehead atoms. The molecule has 1 heterocycles. The first-order valence-corrected chi connectivity index (χ1v) is 9.04. The monoisotopic (exact) mass is 267 g/mol. The molecule has 1 saturated carbocycles. The zero-order valence-electron chi connectivity index (χ0n) is 11.9. The standard InChI is InChI=1S/C16H29NS/c1-2-9-17-12-16(11-14-8-10-18-13-14)15-6-4-3-5-7-15/h11,14-15,17H,2-10,12-13H2,1H3. The van der Waals surface area contributed by atoms with Crippen LogP contribution in [0.5, 0.6) is 0 Å². The van der Waals surface area contributed by atoms with Crippen LogP contribution in [0.2, 0.25) is 0 Å². The Hall–Kier alpha value is 0.0500. The van der Waals surface area contributed by atoms with E-state index >= 15 is 0 Å². The normalized spacial score (nSPS) is 26.7. The van der Waals surface area contributed by atoms with Gasteiger partial charge in [0.25, 0.3) is 0 Å². The Morgan fingerprint density at radius 2 is 2.06 bits per heavy atom. The molecular formula is C16H29NS. The quantitative estimate of drug-likeness (QED) is 0.570. The molecule has 0 spiro atoms. The van der Waals surface area contributed by atoms with E-state index in [0.717, 1.165) is 18.4 Å². The number of hydrogen-bond acceptors (Lipinski definition) is 2. The van der Waals surface area contributed by atoms with E-state index in [9.17, 15) is 0 Å². The number of allylic oxidation sites excluding steroid dienone is 1. The molecule has 1 nitrogen and oxygen atoms in total. The third-order valence-corrected chi connectivity index (χ3v) is 5.49. The minimum Gasteiger partial charge on any atom is -0.313 e. The van der Waals surface area contributed by atoms with Crippen molar-refractivity contribution in [3.8, 4) is 0 Å². The van der Waals surface area contributed by atoms with Gasteiger partial charge < -0.3 is 5.32 Å². The first kappa shape index (κ1) is 14.5. The molecule has 2 fully saturated rings. The number of thioether (sulfide) groups is 1. The molecule has 18 heavy (non-hydrogen) atoms. The largest absolute Gasteiger partial charge is 0.313 e. The van der Waals surface area contributed by atoms with Crippen molar-refractivity contribution in [1.29, 1.82) is 0 Å². The topological polar surface area (TPSA) is 12.0 Å². The predicted molar refractivity (Wildman–Crippen MR) is 83.3 cm³/mol. The lowest BCUT2D eigenvalue weighted by Gasteiger charge is -2.26. The minimum atomic E-state index is 0.871. The average Bonchev–Trinajstić information content (AvgIpc) is 2.92. The molecule has 0 aromatic heterocycles. The summed E-state index contributed by atoms with van der Waals surface area (Å²) in [5, 5.41) is 3.63. The van der Waals surface area contributed by atoms with Crippen molar-refractivity contribution >= 4 is 11.8 Å². The van der Waals surface area contributed by atoms with Crippen molar-refractivity contribution in [3.63, 3.8) is 0 Å². The fourth-order valence-electron chi connectivity index (χ4n) is 3.21. The van der Waals surface area contributed by atoms with Crippen LogP contribution in [0.25, 0.3) is 0 Å². The van der Waals surface area contributed by atoms with Crippen LogP contribution >= 0.6 is 11.8 Å². The summed E-state index contributed by atoms with van der Waals surface area (Å²) >= 11 is 2.13. The maximum atomic E-state index is 3.63. The third-order valence-electron chi connectivity index (χ3n) is 4.30. The Kier molecular flexibility index (Phi) is 6.64. The van der Waals surface area contributed by atoms with E-state index in [1.165, 1.54) is 63.0 Å². The van der Waals surface area contributed by atoms with E-state index in [2.05, 4.69) is 30.1 Å². The smallest absolute Gasteiger partial charge is 0.0167 e. The Balaban J connectivity index is 1.91. The van der Waals surface area contributed by atoms with E-state index in [-0.39, 0.29) is 0 Å². The van der Waals surface area contributed by atoms with Gasteiger partial charge in [-0.15, -0.1) is 0 Å². The van der Waals surface area contributed by atoms with Gasteiger partial charge in [0, 0.05) is 6.54 Å². The molecule has 1 aliphatic carbocycles. The Bertz CT molecular complexity index is 250. The van der Waals surface area contributed by atoms with Gasteiger partial charge in [0.15, 0.2) is 0 Å². The van der Waals surface area contributed by atoms with Gasteiger partial charge in [-0.25, -0.2) is 0 Å². The van der Waals surface area contributed by atoms with Gasteiger partial charge in [-0.05, 0) is 55.6 Å². The van der Waals surface area contributed by atoms with Crippen LogP contribution in [0.15, 0.2) is 11.6 Å². The molecule has 2 heteroatoms. The zero-order chi connectivity index (χ0) is 12.6. The van der Waals surface area contributed by atoms with Crippen molar-refractivity contribution in [2.75, 3.05) is 24.6 Å². The highest BCUT2D eigenvalue weighted by Gasteiger charge is 2.20. The molecule has 1 saturated heterocycles. The van der Waals surface area contributed by atoms with Crippen LogP contribution in [-0.4, -0.2) is 24.6 Å². The van der Waals surface area contributed by atoms with Crippen molar-refractivity contribution in [2.45, 2.75) is 51.9 Å². The van der Waals surface area contributed by atoms with Gasteiger partial charge in [-0.2, -0.15) is 11.8 Å². The maximum absolute atomic E-state index is 3.63. The summed E-state index contributed by atoms with van der Waals surface area (Å²) < 4.78 is 0. The van der Waals surface area contributed by atoms with E-state index in [1.54, 1.807) is 5.57 Å². The fourth-order valence-corrected chi connectivity index (χ4v) is 4.41. The van der Waals surface area contributed by atoms with Crippen LogP contribution in [0.1, 0.15) is 51.9 Å². The summed E-state index contributed by atoms with van der Waals surface area (Å²) in [7, 11) is 0. The third kappa shape index (κ3) is 4.62. The Labute approximate surface area is 117 Å². The van der Waals surface area contributed by atoms with Gasteiger partial charge in [0.05, 0.1) is 0 Å². The molecule has 2 aliphatic rings. The lowest BCUT2D eigenvalue weighted by molar-refractivity contribution is 0.392. The molecular weight excluding hydrogens is 238 g/mol. The molecule has 0 aromatic carbocycles. The Morgan fingerprint density at radius 3 is 2.72 bits per heavy atom. The summed E-state index contributed by atoms with van der Waals surface area (Å²) in [6, 6.07) is 0. The van der Waals surface area contributed by atoms with E-state index < -0.39 is 0 Å². The number of nitrogens with one attached hydrogen (secondary N) is 1. The lowest BCUT2D eigenvalue weighted by Crippen LogP contribution is -2.23. The van der Waals surface area contributed by atoms with Crippen LogP contribution in [-0.2, 0) is 0 Å². The van der Waals surface area contributed by atoms with Gasteiger partial charge in [-0.3, -0.25) is 0 Å². The van der Waals surface area contributed by atoms with E-state index in [0.29, 0.717) is 0 Å². The molecule has 1 atom stereocenters. The second kappa shape index (κ2) is 8.27. The van der Waals surface area contributed by atoms with Crippen LogP contribution in [0, 0.1) is 11.8 Å². The van der Waals surface area contributed by atoms with E-state index in [1.807, 2.05) is 0 Å². The SMILES string of the molecule is CCCNCC(=CC1CCSC1)C1CCCCC1. The fraction of sp³-hybridized carbons (Fsp3) is 0.875. The van der Waals surface area contributed by atoms with Crippen LogP contribution in [0.3, 0.4) is 0 Å². The van der Waals surface area contributed by atoms with Gasteiger partial charge in [-0.1, -0.05) is 37.8 Å². The first-order valence-electron chi connectivity index (χ1n) is 7.89. The molecule has 1 aliphatic heterocycles. The van der Waals surface area contributed by atoms with E-state index in [4.69, 9.17) is 0 Å². The van der Waals surface area contributed by atoms with Crippen LogP contribution < -0.4 is 5.32 Å². The highest BCUT2D eigenvalue weighted by Crippen LogP contribution is 2.32. The van der Waals surface area contributed by atoms with Crippen molar-refractivity contribution in [2.24, 2.45) is 11.8 Å². The summed E-state index contributed by atoms with van der Waals surface area (Å²) in [5.74, 6) is 4.51. The second-order valence-corrected chi connectivity index (χ2v) is 7.03. The molecule has 0 radical (unpaired) electrons. The van der Waals surface area contributed by atoms with Gasteiger partial charge in [0.1, 0.15) is 0 Å². The van der Waals surface area contributed by atoms with Gasteiger partial charge >= 0.3 is 0 Å². The number of hydrogen-bond donors (Lipinski definition) is 1. The molecule has 0 amide bonds. The summed E-state index contributed by atoms with van der Waals surface area (Å²) in [6.07, 6.45) is 12.6. The lowest BCUT2D eigenvalue weighted by atomic mass is 9.82. The highest BCUT2D eigenvalue weighted by atomic mass is 32.2. The van der Waals surface area contributed by atoms with Crippen molar-refractivity contribution in [3.05, 3.63) is 11.6 Å².